The summed E-state index contributed by atoms with van der Waals surface area (Å²) >= 11 is 3.31. The Hall–Kier alpha value is -2.35. The van der Waals surface area contributed by atoms with E-state index in [9.17, 15) is 9.59 Å². The summed E-state index contributed by atoms with van der Waals surface area (Å²) in [5.41, 5.74) is -0.0867. The molecule has 110 valence electrons. The van der Waals surface area contributed by atoms with Gasteiger partial charge in [0.25, 0.3) is 0 Å². The van der Waals surface area contributed by atoms with Crippen LogP contribution in [0.4, 0.5) is 5.82 Å². The molecule has 0 unspecified atom stereocenters. The molecule has 0 aliphatic heterocycles. The van der Waals surface area contributed by atoms with Gasteiger partial charge >= 0.3 is 5.97 Å². The smallest absolute Gasteiger partial charge is 0.353 e. The third-order valence-electron chi connectivity index (χ3n) is 2.49. The zero-order valence-electron chi connectivity index (χ0n) is 10.8. The Labute approximate surface area is 128 Å². The fraction of sp³-hybridized carbons (Fsp3) is 0.154. The average Bonchev–Trinajstić information content (AvgIpc) is 2.90. The summed E-state index contributed by atoms with van der Waals surface area (Å²) in [6.07, 6.45) is 0.130. The molecule has 0 atom stereocenters. The molecule has 1 aromatic heterocycles. The molecule has 2 rings (SSSR count). The van der Waals surface area contributed by atoms with Crippen molar-refractivity contribution in [2.24, 2.45) is 0 Å². The van der Waals surface area contributed by atoms with Crippen LogP contribution in [0.3, 0.4) is 0 Å². The number of hydrogen-bond donors (Lipinski definition) is 3. The van der Waals surface area contributed by atoms with Crippen molar-refractivity contribution in [2.45, 2.75) is 6.42 Å². The number of nitrogens with one attached hydrogen (secondary N) is 2. The van der Waals surface area contributed by atoms with Gasteiger partial charge in [-0.3, -0.25) is 9.89 Å². The van der Waals surface area contributed by atoms with Crippen molar-refractivity contribution in [3.63, 3.8) is 0 Å². The third-order valence-corrected chi connectivity index (χ3v) is 3.02. The van der Waals surface area contributed by atoms with E-state index in [2.05, 4.69) is 31.4 Å². The number of carbonyl (C=O) groups excluding carboxylic acids is 1. The molecule has 21 heavy (non-hydrogen) atoms. The highest BCUT2D eigenvalue weighted by molar-refractivity contribution is 9.10. The zero-order valence-corrected chi connectivity index (χ0v) is 12.4. The van der Waals surface area contributed by atoms with Crippen LogP contribution in [0.25, 0.3) is 0 Å². The minimum Gasteiger partial charge on any atom is -0.493 e. The van der Waals surface area contributed by atoms with Crippen LogP contribution in [0.1, 0.15) is 16.9 Å². The largest absolute Gasteiger partial charge is 0.493 e. The van der Waals surface area contributed by atoms with Crippen LogP contribution in [0, 0.1) is 0 Å². The molecule has 8 heteroatoms. The van der Waals surface area contributed by atoms with Crippen LogP contribution in [-0.4, -0.2) is 33.8 Å². The number of nitrogens with zero attached hydrogens (tertiary/aromatic N) is 1. The highest BCUT2D eigenvalue weighted by Gasteiger charge is 2.10. The molecule has 3 N–H and O–H groups in total. The standard InChI is InChI=1S/C13H12BrN3O4/c14-8-1-3-9(4-2-8)21-6-5-12(18)15-11-7-10(13(19)20)16-17-11/h1-4,7H,5-6H2,(H,19,20)(H2,15,16,17,18). The molecule has 1 amide bonds. The molecule has 0 aliphatic rings. The van der Waals surface area contributed by atoms with Gasteiger partial charge in [-0.1, -0.05) is 15.9 Å². The van der Waals surface area contributed by atoms with E-state index in [1.54, 1.807) is 12.1 Å². The average molecular weight is 354 g/mol. The Kier molecular flexibility index (Phi) is 4.94. The van der Waals surface area contributed by atoms with Gasteiger partial charge < -0.3 is 15.2 Å². The fourth-order valence-corrected chi connectivity index (χ4v) is 1.76. The maximum absolute atomic E-state index is 11.6. The number of hydrogen-bond acceptors (Lipinski definition) is 4. The lowest BCUT2D eigenvalue weighted by molar-refractivity contribution is -0.116. The number of aromatic amines is 1. The number of amides is 1. The Balaban J connectivity index is 1.76. The molecule has 0 fully saturated rings. The number of carboxylic acid groups (broad SMARTS) is 1. The van der Waals surface area contributed by atoms with Gasteiger partial charge in [-0.05, 0) is 24.3 Å². The minimum atomic E-state index is -1.14. The van der Waals surface area contributed by atoms with Crippen molar-refractivity contribution in [1.82, 2.24) is 10.2 Å². The summed E-state index contributed by atoms with van der Waals surface area (Å²) in [5.74, 6) is -0.614. The van der Waals surface area contributed by atoms with Crippen molar-refractivity contribution in [1.29, 1.82) is 0 Å². The maximum Gasteiger partial charge on any atom is 0.353 e. The maximum atomic E-state index is 11.6. The van der Waals surface area contributed by atoms with Gasteiger partial charge in [0, 0.05) is 10.5 Å². The van der Waals surface area contributed by atoms with Gasteiger partial charge in [-0.25, -0.2) is 4.79 Å². The lowest BCUT2D eigenvalue weighted by atomic mass is 10.3. The second-order valence-electron chi connectivity index (χ2n) is 4.07. The summed E-state index contributed by atoms with van der Waals surface area (Å²) in [5, 5.41) is 17.2. The van der Waals surface area contributed by atoms with E-state index in [4.69, 9.17) is 9.84 Å². The van der Waals surface area contributed by atoms with Crippen LogP contribution < -0.4 is 10.1 Å². The van der Waals surface area contributed by atoms with Crippen LogP contribution in [-0.2, 0) is 4.79 Å². The molecule has 1 aromatic carbocycles. The fourth-order valence-electron chi connectivity index (χ4n) is 1.49. The number of anilines is 1. The molecule has 2 aromatic rings. The molecule has 0 saturated heterocycles. The second-order valence-corrected chi connectivity index (χ2v) is 4.99. The molecule has 0 bridgehead atoms. The molecule has 0 spiro atoms. The van der Waals surface area contributed by atoms with Gasteiger partial charge in [0.2, 0.25) is 5.91 Å². The first kappa shape index (κ1) is 15.0. The number of H-pyrrole nitrogens is 1. The first-order chi connectivity index (χ1) is 10.0. The number of carboxylic acids is 1. The molecule has 7 nitrogen and oxygen atoms in total. The summed E-state index contributed by atoms with van der Waals surface area (Å²) < 4.78 is 6.35. The summed E-state index contributed by atoms with van der Waals surface area (Å²) in [6, 6.07) is 8.50. The SMILES string of the molecule is O=C(CCOc1ccc(Br)cc1)Nc1cc(C(=O)O)[nH]n1. The topological polar surface area (TPSA) is 104 Å². The molecule has 0 saturated carbocycles. The van der Waals surface area contributed by atoms with Gasteiger partial charge in [-0.2, -0.15) is 5.10 Å². The lowest BCUT2D eigenvalue weighted by Crippen LogP contribution is -2.15. The van der Waals surface area contributed by atoms with Gasteiger partial charge in [0.15, 0.2) is 5.82 Å². The van der Waals surface area contributed by atoms with Crippen molar-refractivity contribution in [3.8, 4) is 5.75 Å². The first-order valence-corrected chi connectivity index (χ1v) is 6.81. The quantitative estimate of drug-likeness (QED) is 0.738. The zero-order chi connectivity index (χ0) is 15.2. The van der Waals surface area contributed by atoms with Crippen molar-refractivity contribution >= 4 is 33.6 Å². The summed E-state index contributed by atoms with van der Waals surface area (Å²) in [6.45, 7) is 0.212. The van der Waals surface area contributed by atoms with Crippen LogP contribution in [0.15, 0.2) is 34.8 Å². The molecule has 1 heterocycles. The minimum absolute atomic E-state index is 0.0867. The third kappa shape index (κ3) is 4.60. The van der Waals surface area contributed by atoms with Crippen LogP contribution in [0.2, 0.25) is 0 Å². The molecule has 0 aliphatic carbocycles. The monoisotopic (exact) mass is 353 g/mol. The Morgan fingerprint density at radius 2 is 2.05 bits per heavy atom. The number of ether oxygens (including phenoxy) is 1. The Bertz CT molecular complexity index is 639. The van der Waals surface area contributed by atoms with Crippen molar-refractivity contribution < 1.29 is 19.4 Å². The predicted octanol–water partition coefficient (Wildman–Crippen LogP) is 2.28. The predicted molar refractivity (Wildman–Crippen MR) is 78.4 cm³/mol. The van der Waals surface area contributed by atoms with Crippen molar-refractivity contribution in [2.75, 3.05) is 11.9 Å². The highest BCUT2D eigenvalue weighted by Crippen LogP contribution is 2.16. The number of aromatic carboxylic acids is 1. The summed E-state index contributed by atoms with van der Waals surface area (Å²) in [7, 11) is 0. The van der Waals surface area contributed by atoms with E-state index in [-0.39, 0.29) is 30.4 Å². The molecule has 0 radical (unpaired) electrons. The number of benzene rings is 1. The van der Waals surface area contributed by atoms with E-state index in [1.807, 2.05) is 12.1 Å². The van der Waals surface area contributed by atoms with Crippen molar-refractivity contribution in [3.05, 3.63) is 40.5 Å². The summed E-state index contributed by atoms with van der Waals surface area (Å²) in [4.78, 5) is 22.3. The second kappa shape index (κ2) is 6.89. The van der Waals surface area contributed by atoms with E-state index in [1.165, 1.54) is 6.07 Å². The van der Waals surface area contributed by atoms with E-state index >= 15 is 0 Å². The Morgan fingerprint density at radius 1 is 1.33 bits per heavy atom. The van der Waals surface area contributed by atoms with Gasteiger partial charge in [0.1, 0.15) is 11.4 Å². The number of halogens is 1. The van der Waals surface area contributed by atoms with E-state index in [0.29, 0.717) is 5.75 Å². The van der Waals surface area contributed by atoms with E-state index < -0.39 is 5.97 Å². The number of aromatic nitrogens is 2. The lowest BCUT2D eigenvalue weighted by Gasteiger charge is -2.05. The molecular weight excluding hydrogens is 342 g/mol. The van der Waals surface area contributed by atoms with Crippen LogP contribution in [0.5, 0.6) is 5.75 Å². The van der Waals surface area contributed by atoms with E-state index in [0.717, 1.165) is 4.47 Å². The van der Waals surface area contributed by atoms with Gasteiger partial charge in [0.05, 0.1) is 13.0 Å². The highest BCUT2D eigenvalue weighted by atomic mass is 79.9. The molecular formula is C13H12BrN3O4. The Morgan fingerprint density at radius 3 is 2.67 bits per heavy atom. The van der Waals surface area contributed by atoms with Crippen LogP contribution >= 0.6 is 15.9 Å². The van der Waals surface area contributed by atoms with Gasteiger partial charge in [-0.15, -0.1) is 0 Å². The first-order valence-electron chi connectivity index (χ1n) is 6.01. The normalized spacial score (nSPS) is 10.1. The number of carbonyl (C=O) groups is 2. The number of rotatable bonds is 6.